The van der Waals surface area contributed by atoms with Crippen molar-refractivity contribution in [3.05, 3.63) is 0 Å². The lowest BCUT2D eigenvalue weighted by atomic mass is 10.9. The molecule has 0 rings (SSSR count). The zero-order chi connectivity index (χ0) is 11.6. The van der Waals surface area contributed by atoms with E-state index in [1.165, 1.54) is 6.92 Å². The van der Waals surface area contributed by atoms with Gasteiger partial charge in [0.05, 0.1) is 6.61 Å². The summed E-state index contributed by atoms with van der Waals surface area (Å²) in [5.41, 5.74) is 0. The Kier molecular flexibility index (Phi) is 4.68. The fraction of sp³-hybridized carbons (Fsp3) is 1.00. The van der Waals surface area contributed by atoms with Gasteiger partial charge < -0.3 is 24.1 Å². The number of hydrogen-bond acceptors (Lipinski definition) is 5. The van der Waals surface area contributed by atoms with E-state index in [0.717, 1.165) is 0 Å². The van der Waals surface area contributed by atoms with Gasteiger partial charge in [-0.2, -0.15) is 4.31 Å². The smallest absolute Gasteiger partial charge is 0.316 e. The summed E-state index contributed by atoms with van der Waals surface area (Å²) >= 11 is 0. The van der Waals surface area contributed by atoms with E-state index < -0.39 is 22.4 Å². The average Bonchev–Trinajstić information content (AvgIpc) is 1.79. The lowest BCUT2D eigenvalue weighted by molar-refractivity contribution is 0.247. The first kappa shape index (κ1) is 14.5. The van der Waals surface area contributed by atoms with E-state index in [0.29, 0.717) is 0 Å². The molecule has 9 nitrogen and oxygen atoms in total. The third-order valence-electron chi connectivity index (χ3n) is 0.829. The second-order valence-electron chi connectivity index (χ2n) is 1.97. The van der Waals surface area contributed by atoms with Crippen LogP contribution < -0.4 is 0 Å². The molecule has 4 N–H and O–H groups in total. The predicted octanol–water partition coefficient (Wildman–Crippen LogP) is 0.418. The molecule has 0 saturated heterocycles. The van der Waals surface area contributed by atoms with E-state index in [2.05, 4.69) is 8.83 Å². The van der Waals surface area contributed by atoms with Crippen molar-refractivity contribution in [3.63, 3.8) is 0 Å². The van der Waals surface area contributed by atoms with Gasteiger partial charge >= 0.3 is 22.4 Å². The van der Waals surface area contributed by atoms with Gasteiger partial charge in [0, 0.05) is 0 Å². The first-order chi connectivity index (χ1) is 6.02. The molecule has 2 atom stereocenters. The van der Waals surface area contributed by atoms with Crippen molar-refractivity contribution in [1.82, 2.24) is 0 Å². The van der Waals surface area contributed by atoms with E-state index >= 15 is 0 Å². The van der Waals surface area contributed by atoms with Crippen molar-refractivity contribution in [1.29, 1.82) is 0 Å². The van der Waals surface area contributed by atoms with Crippen molar-refractivity contribution in [3.8, 4) is 0 Å². The summed E-state index contributed by atoms with van der Waals surface area (Å²) in [6, 6.07) is 0. The number of hydrogen-bond donors (Lipinski definition) is 4. The van der Waals surface area contributed by atoms with Crippen LogP contribution in [0.1, 0.15) is 6.92 Å². The molecule has 0 amide bonds. The molecule has 0 aromatic heterocycles. The highest BCUT2D eigenvalue weighted by Gasteiger charge is 2.49. The van der Waals surface area contributed by atoms with Crippen molar-refractivity contribution < 1.29 is 42.1 Å². The second kappa shape index (κ2) is 4.53. The van der Waals surface area contributed by atoms with E-state index in [1.54, 1.807) is 0 Å². The van der Waals surface area contributed by atoms with Gasteiger partial charge in [-0.1, -0.05) is 0 Å². The van der Waals surface area contributed by atoms with Crippen molar-refractivity contribution in [2.75, 3.05) is 6.61 Å². The standard InChI is InChI=1S/C2H9O9P3/c1-2-10-13(6,7)14(8,9)11-12(3,4)5/h2H2,1H3,(H,6,7)(H,8,9)(H2,3,4,5). The minimum atomic E-state index is -5.41. The molecule has 0 spiro atoms. The van der Waals surface area contributed by atoms with Crippen LogP contribution in [0, 0.1) is 0 Å². The minimum Gasteiger partial charge on any atom is -0.316 e. The summed E-state index contributed by atoms with van der Waals surface area (Å²) < 4.78 is 39.1. The molecule has 0 aromatic carbocycles. The molecular weight excluding hydrogens is 261 g/mol. The molecule has 0 saturated carbocycles. The first-order valence-corrected chi connectivity index (χ1v) is 8.48. The van der Waals surface area contributed by atoms with Crippen LogP contribution in [0.15, 0.2) is 0 Å². The van der Waals surface area contributed by atoms with Crippen LogP contribution in [0.2, 0.25) is 0 Å². The minimum absolute atomic E-state index is 0.386. The Morgan fingerprint density at radius 1 is 1.00 bits per heavy atom. The maximum atomic E-state index is 10.9. The van der Waals surface area contributed by atoms with Crippen LogP contribution in [-0.2, 0) is 22.5 Å². The topological polar surface area (TPSA) is 151 Å². The van der Waals surface area contributed by atoms with E-state index in [4.69, 9.17) is 19.6 Å². The van der Waals surface area contributed by atoms with E-state index in [-0.39, 0.29) is 6.61 Å². The molecule has 2 unspecified atom stereocenters. The first-order valence-electron chi connectivity index (χ1n) is 3.09. The van der Waals surface area contributed by atoms with E-state index in [1.807, 2.05) is 0 Å². The molecule has 0 aliphatic carbocycles. The summed E-state index contributed by atoms with van der Waals surface area (Å²) in [5.74, 6) is 0. The van der Waals surface area contributed by atoms with Crippen LogP contribution in [0.3, 0.4) is 0 Å². The van der Waals surface area contributed by atoms with Gasteiger partial charge in [0.25, 0.3) is 0 Å². The highest BCUT2D eigenvalue weighted by molar-refractivity contribution is 8.27. The van der Waals surface area contributed by atoms with Crippen LogP contribution >= 0.6 is 22.4 Å². The Hall–Kier alpha value is 0.450. The molecule has 0 bridgehead atoms. The van der Waals surface area contributed by atoms with Crippen LogP contribution in [0.25, 0.3) is 0 Å². The SMILES string of the molecule is CCOP(=O)(O)P(=O)(O)OP(=O)(O)O. The zero-order valence-electron chi connectivity index (χ0n) is 6.88. The molecule has 0 aromatic rings. The molecule has 0 aliphatic rings. The summed E-state index contributed by atoms with van der Waals surface area (Å²) in [5, 5.41) is 0. The quantitative estimate of drug-likeness (QED) is 0.520. The third kappa shape index (κ3) is 4.31. The summed E-state index contributed by atoms with van der Waals surface area (Å²) in [6.45, 7) is 0.864. The predicted molar refractivity (Wildman–Crippen MR) is 44.4 cm³/mol. The van der Waals surface area contributed by atoms with Crippen molar-refractivity contribution in [2.45, 2.75) is 6.92 Å². The van der Waals surface area contributed by atoms with Gasteiger partial charge in [0.15, 0.2) is 0 Å². The van der Waals surface area contributed by atoms with Crippen LogP contribution in [0.4, 0.5) is 0 Å². The van der Waals surface area contributed by atoms with Crippen LogP contribution in [-0.4, -0.2) is 26.2 Å². The maximum absolute atomic E-state index is 10.9. The normalized spacial score (nSPS) is 21.2. The highest BCUT2D eigenvalue weighted by atomic mass is 32.1. The fourth-order valence-corrected chi connectivity index (χ4v) is 4.86. The van der Waals surface area contributed by atoms with Crippen molar-refractivity contribution in [2.24, 2.45) is 0 Å². The lowest BCUT2D eigenvalue weighted by Crippen LogP contribution is -1.94. The third-order valence-corrected chi connectivity index (χ3v) is 6.68. The van der Waals surface area contributed by atoms with Gasteiger partial charge in [-0.15, -0.1) is 0 Å². The van der Waals surface area contributed by atoms with Gasteiger partial charge in [-0.25, -0.2) is 13.7 Å². The summed E-state index contributed by atoms with van der Waals surface area (Å²) in [4.78, 5) is 33.8. The second-order valence-corrected chi connectivity index (χ2v) is 8.86. The Bertz CT molecular complexity index is 327. The Morgan fingerprint density at radius 3 is 1.71 bits per heavy atom. The Balaban J connectivity index is 4.88. The van der Waals surface area contributed by atoms with E-state index in [9.17, 15) is 13.7 Å². The molecule has 12 heteroatoms. The molecule has 14 heavy (non-hydrogen) atoms. The average molecular weight is 270 g/mol. The zero-order valence-corrected chi connectivity index (χ0v) is 9.56. The molecular formula is C2H9O9P3. The molecule has 0 radical (unpaired) electrons. The van der Waals surface area contributed by atoms with Gasteiger partial charge in [0.1, 0.15) is 0 Å². The summed E-state index contributed by atoms with van der Waals surface area (Å²) in [7, 11) is -15.8. The largest absolute Gasteiger partial charge is 0.477 e. The van der Waals surface area contributed by atoms with Crippen LogP contribution in [0.5, 0.6) is 0 Å². The maximum Gasteiger partial charge on any atom is 0.477 e. The molecule has 0 heterocycles. The fourth-order valence-electron chi connectivity index (χ4n) is 0.426. The van der Waals surface area contributed by atoms with Gasteiger partial charge in [-0.05, 0) is 6.92 Å². The monoisotopic (exact) mass is 270 g/mol. The number of phosphoric acid groups is 1. The highest BCUT2D eigenvalue weighted by Crippen LogP contribution is 2.81. The van der Waals surface area contributed by atoms with Crippen molar-refractivity contribution >= 4 is 22.4 Å². The van der Waals surface area contributed by atoms with Gasteiger partial charge in [0.2, 0.25) is 0 Å². The Morgan fingerprint density at radius 2 is 1.43 bits per heavy atom. The Labute approximate surface area is 78.9 Å². The number of rotatable bonds is 5. The molecule has 0 aliphatic heterocycles. The molecule has 0 fully saturated rings. The lowest BCUT2D eigenvalue weighted by Gasteiger charge is -2.16. The summed E-state index contributed by atoms with van der Waals surface area (Å²) in [6.07, 6.45) is 0. The van der Waals surface area contributed by atoms with Gasteiger partial charge in [-0.3, -0.25) is 0 Å². The molecule has 86 valence electrons.